The number of nitrogens with one attached hydrogen (secondary N) is 1. The Labute approximate surface area is 122 Å². The molecule has 0 amide bonds. The van der Waals surface area contributed by atoms with Gasteiger partial charge < -0.3 is 10.1 Å². The van der Waals surface area contributed by atoms with Crippen molar-refractivity contribution in [3.05, 3.63) is 29.3 Å². The van der Waals surface area contributed by atoms with E-state index in [4.69, 9.17) is 4.74 Å². The highest BCUT2D eigenvalue weighted by molar-refractivity contribution is 7.89. The molecule has 0 spiro atoms. The van der Waals surface area contributed by atoms with E-state index in [1.165, 1.54) is 14.1 Å². The van der Waals surface area contributed by atoms with Crippen LogP contribution in [0, 0.1) is 11.6 Å². The minimum Gasteiger partial charge on any atom is -0.380 e. The fourth-order valence-corrected chi connectivity index (χ4v) is 3.73. The number of sulfonamides is 1. The molecule has 0 aromatic heterocycles. The summed E-state index contributed by atoms with van der Waals surface area (Å²) in [4.78, 5) is -0.511. The standard InChI is InChI=1S/C13H18F2N2O3S/c1-16-7-10-11(14)3-4-12(13(10)15)21(18,19)17(2)9-5-6-20-8-9/h3-4,9,16H,5-8H2,1-2H3. The molecule has 1 aliphatic heterocycles. The van der Waals surface area contributed by atoms with E-state index in [0.29, 0.717) is 13.0 Å². The Balaban J connectivity index is 2.42. The summed E-state index contributed by atoms with van der Waals surface area (Å²) in [5.41, 5.74) is -0.283. The minimum atomic E-state index is -4.03. The second kappa shape index (κ2) is 6.35. The maximum atomic E-state index is 14.3. The van der Waals surface area contributed by atoms with E-state index < -0.39 is 26.6 Å². The maximum absolute atomic E-state index is 14.3. The molecule has 1 heterocycles. The highest BCUT2D eigenvalue weighted by Crippen LogP contribution is 2.26. The first-order valence-electron chi connectivity index (χ1n) is 6.57. The van der Waals surface area contributed by atoms with Crippen molar-refractivity contribution < 1.29 is 21.9 Å². The topological polar surface area (TPSA) is 58.6 Å². The zero-order valence-corrected chi connectivity index (χ0v) is 12.7. The van der Waals surface area contributed by atoms with Gasteiger partial charge in [-0.25, -0.2) is 17.2 Å². The number of ether oxygens (including phenoxy) is 1. The SMILES string of the molecule is CNCc1c(F)ccc(S(=O)(=O)N(C)C2CCOC2)c1F. The molecule has 5 nitrogen and oxygen atoms in total. The lowest BCUT2D eigenvalue weighted by Gasteiger charge is -2.23. The zero-order chi connectivity index (χ0) is 15.6. The molecule has 21 heavy (non-hydrogen) atoms. The van der Waals surface area contributed by atoms with Crippen molar-refractivity contribution in [2.45, 2.75) is 23.9 Å². The van der Waals surface area contributed by atoms with Crippen LogP contribution in [0.4, 0.5) is 8.78 Å². The summed E-state index contributed by atoms with van der Waals surface area (Å²) in [7, 11) is -1.11. The Morgan fingerprint density at radius 3 is 2.71 bits per heavy atom. The number of hydrogen-bond donors (Lipinski definition) is 1. The van der Waals surface area contributed by atoms with Gasteiger partial charge in [0.2, 0.25) is 10.0 Å². The minimum absolute atomic E-state index is 0.0860. The molecule has 1 aromatic carbocycles. The number of likely N-dealkylation sites (N-methyl/N-ethyl adjacent to an activating group) is 1. The Kier molecular flexibility index (Phi) is 4.92. The average Bonchev–Trinajstić information content (AvgIpc) is 2.96. The van der Waals surface area contributed by atoms with E-state index in [2.05, 4.69) is 5.32 Å². The van der Waals surface area contributed by atoms with Crippen LogP contribution in [0.1, 0.15) is 12.0 Å². The van der Waals surface area contributed by atoms with E-state index in [-0.39, 0.29) is 24.8 Å². The molecular weight excluding hydrogens is 302 g/mol. The predicted molar refractivity (Wildman–Crippen MR) is 73.3 cm³/mol. The fraction of sp³-hybridized carbons (Fsp3) is 0.538. The summed E-state index contributed by atoms with van der Waals surface area (Å²) in [6.45, 7) is 0.667. The largest absolute Gasteiger partial charge is 0.380 e. The molecule has 1 N–H and O–H groups in total. The van der Waals surface area contributed by atoms with Crippen LogP contribution >= 0.6 is 0 Å². The van der Waals surface area contributed by atoms with Crippen molar-refractivity contribution in [3.63, 3.8) is 0 Å². The van der Waals surface area contributed by atoms with Gasteiger partial charge in [-0.15, -0.1) is 0 Å². The van der Waals surface area contributed by atoms with Crippen LogP contribution in [0.5, 0.6) is 0 Å². The van der Waals surface area contributed by atoms with Crippen LogP contribution in [0.2, 0.25) is 0 Å². The van der Waals surface area contributed by atoms with Gasteiger partial charge in [-0.3, -0.25) is 0 Å². The summed E-state index contributed by atoms with van der Waals surface area (Å²) in [5, 5.41) is 2.62. The quantitative estimate of drug-likeness (QED) is 0.882. The third-order valence-electron chi connectivity index (χ3n) is 3.58. The Bertz CT molecular complexity index is 616. The Hall–Kier alpha value is -1.09. The Morgan fingerprint density at radius 1 is 1.43 bits per heavy atom. The third-order valence-corrected chi connectivity index (χ3v) is 5.51. The molecule has 8 heteroatoms. The van der Waals surface area contributed by atoms with Gasteiger partial charge in [-0.05, 0) is 25.6 Å². The van der Waals surface area contributed by atoms with Crippen molar-refractivity contribution in [2.24, 2.45) is 0 Å². The van der Waals surface area contributed by atoms with E-state index in [9.17, 15) is 17.2 Å². The first-order valence-corrected chi connectivity index (χ1v) is 8.01. The maximum Gasteiger partial charge on any atom is 0.246 e. The highest BCUT2D eigenvalue weighted by atomic mass is 32.2. The molecule has 0 radical (unpaired) electrons. The molecule has 118 valence electrons. The number of rotatable bonds is 5. The molecule has 0 saturated carbocycles. The molecule has 1 fully saturated rings. The van der Waals surface area contributed by atoms with E-state index in [1.54, 1.807) is 0 Å². The van der Waals surface area contributed by atoms with Crippen molar-refractivity contribution in [3.8, 4) is 0 Å². The Morgan fingerprint density at radius 2 is 2.14 bits per heavy atom. The molecular formula is C13H18F2N2O3S. The third kappa shape index (κ3) is 3.08. The molecule has 1 atom stereocenters. The molecule has 1 aromatic rings. The van der Waals surface area contributed by atoms with Crippen molar-refractivity contribution >= 4 is 10.0 Å². The van der Waals surface area contributed by atoms with Gasteiger partial charge in [0.1, 0.15) is 10.7 Å². The molecule has 0 bridgehead atoms. The number of halogens is 2. The van der Waals surface area contributed by atoms with E-state index >= 15 is 0 Å². The van der Waals surface area contributed by atoms with Gasteiger partial charge in [0, 0.05) is 25.8 Å². The van der Waals surface area contributed by atoms with Crippen molar-refractivity contribution in [1.29, 1.82) is 0 Å². The normalized spacial score (nSPS) is 19.4. The molecule has 1 aliphatic rings. The predicted octanol–water partition coefficient (Wildman–Crippen LogP) is 1.09. The van der Waals surface area contributed by atoms with Crippen LogP contribution in [0.3, 0.4) is 0 Å². The number of hydrogen-bond acceptors (Lipinski definition) is 4. The van der Waals surface area contributed by atoms with Crippen molar-refractivity contribution in [1.82, 2.24) is 9.62 Å². The molecule has 2 rings (SSSR count). The van der Waals surface area contributed by atoms with Gasteiger partial charge in [0.05, 0.1) is 12.6 Å². The lowest BCUT2D eigenvalue weighted by molar-refractivity contribution is 0.180. The molecule has 1 unspecified atom stereocenters. The van der Waals surface area contributed by atoms with E-state index in [1.807, 2.05) is 0 Å². The number of benzene rings is 1. The van der Waals surface area contributed by atoms with Crippen LogP contribution in [-0.4, -0.2) is 46.1 Å². The van der Waals surface area contributed by atoms with Gasteiger partial charge in [-0.2, -0.15) is 4.31 Å². The van der Waals surface area contributed by atoms with Gasteiger partial charge in [0.25, 0.3) is 0 Å². The fourth-order valence-electron chi connectivity index (χ4n) is 2.27. The van der Waals surface area contributed by atoms with Gasteiger partial charge in [-0.1, -0.05) is 0 Å². The van der Waals surface area contributed by atoms with Crippen LogP contribution in [0.25, 0.3) is 0 Å². The second-order valence-electron chi connectivity index (χ2n) is 4.91. The van der Waals surface area contributed by atoms with Crippen molar-refractivity contribution in [2.75, 3.05) is 27.3 Å². The first kappa shape index (κ1) is 16.3. The lowest BCUT2D eigenvalue weighted by Crippen LogP contribution is -2.37. The highest BCUT2D eigenvalue weighted by Gasteiger charge is 2.33. The zero-order valence-electron chi connectivity index (χ0n) is 11.9. The summed E-state index contributed by atoms with van der Waals surface area (Å²) < 4.78 is 59.2. The lowest BCUT2D eigenvalue weighted by atomic mass is 10.2. The first-order chi connectivity index (χ1) is 9.89. The summed E-state index contributed by atoms with van der Waals surface area (Å²) >= 11 is 0. The second-order valence-corrected chi connectivity index (χ2v) is 6.87. The van der Waals surface area contributed by atoms with Gasteiger partial charge in [0.15, 0.2) is 5.82 Å². The smallest absolute Gasteiger partial charge is 0.246 e. The monoisotopic (exact) mass is 320 g/mol. The number of nitrogens with zero attached hydrogens (tertiary/aromatic N) is 1. The van der Waals surface area contributed by atoms with Crippen LogP contribution in [0.15, 0.2) is 17.0 Å². The molecule has 0 aliphatic carbocycles. The summed E-state index contributed by atoms with van der Waals surface area (Å²) in [6.07, 6.45) is 0.557. The van der Waals surface area contributed by atoms with Crippen LogP contribution < -0.4 is 5.32 Å². The summed E-state index contributed by atoms with van der Waals surface area (Å²) in [5.74, 6) is -1.82. The van der Waals surface area contributed by atoms with Gasteiger partial charge >= 0.3 is 0 Å². The average molecular weight is 320 g/mol. The van der Waals surface area contributed by atoms with E-state index in [0.717, 1.165) is 16.4 Å². The molecule has 1 saturated heterocycles. The summed E-state index contributed by atoms with van der Waals surface area (Å²) in [6, 6.07) is 1.61. The van der Waals surface area contributed by atoms with Crippen LogP contribution in [-0.2, 0) is 21.3 Å².